The lowest BCUT2D eigenvalue weighted by Gasteiger charge is -2.62. The van der Waals surface area contributed by atoms with E-state index in [0.29, 0.717) is 37.8 Å². The second-order valence-electron chi connectivity index (χ2n) is 11.2. The van der Waals surface area contributed by atoms with Crippen LogP contribution in [-0.2, 0) is 17.3 Å². The monoisotopic (exact) mass is 586 g/mol. The van der Waals surface area contributed by atoms with Crippen LogP contribution >= 0.6 is 0 Å². The third-order valence-electron chi connectivity index (χ3n) is 9.05. The zero-order chi connectivity index (χ0) is 29.8. The Morgan fingerprint density at radius 2 is 0.900 bits per heavy atom. The van der Waals surface area contributed by atoms with Gasteiger partial charge in [-0.2, -0.15) is 43.9 Å². The summed E-state index contributed by atoms with van der Waals surface area (Å²) < 4.78 is 139. The largest absolute Gasteiger partial charge is 0.505 e. The molecule has 0 aliphatic heterocycles. The van der Waals surface area contributed by atoms with Crippen molar-refractivity contribution in [2.24, 2.45) is 23.7 Å². The molecule has 0 spiro atoms. The zero-order valence-electron chi connectivity index (χ0n) is 20.5. The van der Waals surface area contributed by atoms with E-state index in [1.807, 2.05) is 0 Å². The Hall–Kier alpha value is -3.06. The van der Waals surface area contributed by atoms with Crippen LogP contribution in [0, 0.1) is 23.7 Å². The molecule has 6 N–H and O–H groups in total. The van der Waals surface area contributed by atoms with E-state index in [9.17, 15) is 54.1 Å². The molecule has 4 aliphatic rings. The first-order valence-electron chi connectivity index (χ1n) is 12.4. The molecule has 14 heteroatoms. The molecule has 0 radical (unpaired) electrons. The Bertz CT molecular complexity index is 1240. The van der Waals surface area contributed by atoms with Gasteiger partial charge in [0, 0.05) is 5.41 Å². The maximum absolute atomic E-state index is 14.6. The van der Waals surface area contributed by atoms with Gasteiger partial charge in [0.25, 0.3) is 0 Å². The number of anilines is 2. The number of benzene rings is 2. The van der Waals surface area contributed by atoms with E-state index in [-0.39, 0.29) is 23.0 Å². The summed E-state index contributed by atoms with van der Waals surface area (Å²) in [5.74, 6) is -15.1. The highest BCUT2D eigenvalue weighted by atomic mass is 19.4. The molecular formula is C26H24F10N2O2. The summed E-state index contributed by atoms with van der Waals surface area (Å²) in [7, 11) is 0. The summed E-state index contributed by atoms with van der Waals surface area (Å²) in [4.78, 5) is 0. The van der Waals surface area contributed by atoms with Crippen molar-refractivity contribution in [1.29, 1.82) is 0 Å². The number of alkyl halides is 10. The van der Waals surface area contributed by atoms with Gasteiger partial charge in [0.2, 0.25) is 0 Å². The SMILES string of the molecule is Nc1cc(C2(c3cc(N)c(O)c(C(F)(F)C(F)(F)F)c3)C3CC4CC(C3)CC2C4)cc(C(F)(F)C(F)(F)F)c1O. The Morgan fingerprint density at radius 1 is 0.575 bits per heavy atom. The number of aromatic hydroxyl groups is 2. The third kappa shape index (κ3) is 3.80. The van der Waals surface area contributed by atoms with Crippen molar-refractivity contribution in [1.82, 2.24) is 0 Å². The number of hydrogen-bond donors (Lipinski definition) is 4. The van der Waals surface area contributed by atoms with Crippen LogP contribution in [0.15, 0.2) is 24.3 Å². The number of phenolic OH excluding ortho intramolecular Hbond substituents is 2. The molecule has 0 unspecified atom stereocenters. The fourth-order valence-corrected chi connectivity index (χ4v) is 7.61. The van der Waals surface area contributed by atoms with Crippen molar-refractivity contribution < 1.29 is 54.1 Å². The molecule has 4 bridgehead atoms. The van der Waals surface area contributed by atoms with Crippen molar-refractivity contribution in [3.63, 3.8) is 0 Å². The lowest BCUT2D eigenvalue weighted by atomic mass is 9.42. The smallest absolute Gasteiger partial charge is 0.458 e. The highest BCUT2D eigenvalue weighted by Crippen LogP contribution is 2.67. The minimum Gasteiger partial charge on any atom is -0.505 e. The minimum absolute atomic E-state index is 0.131. The predicted octanol–water partition coefficient (Wildman–Crippen LogP) is 7.31. The first kappa shape index (κ1) is 28.5. The maximum Gasteiger partial charge on any atom is 0.458 e. The molecule has 0 aromatic heterocycles. The van der Waals surface area contributed by atoms with E-state index in [0.717, 1.165) is 18.6 Å². The number of phenols is 2. The van der Waals surface area contributed by atoms with Gasteiger partial charge in [-0.25, -0.2) is 0 Å². The normalized spacial score (nSPS) is 26.4. The average Bonchev–Trinajstić information content (AvgIpc) is 2.81. The summed E-state index contributed by atoms with van der Waals surface area (Å²) >= 11 is 0. The van der Waals surface area contributed by atoms with Crippen LogP contribution in [0.1, 0.15) is 54.4 Å². The van der Waals surface area contributed by atoms with E-state index >= 15 is 0 Å². The van der Waals surface area contributed by atoms with Gasteiger partial charge in [0.15, 0.2) is 0 Å². The Kier molecular flexibility index (Phi) is 6.03. The lowest BCUT2D eigenvalue weighted by molar-refractivity contribution is -0.289. The quantitative estimate of drug-likeness (QED) is 0.172. The molecule has 0 atom stereocenters. The van der Waals surface area contributed by atoms with Crippen molar-refractivity contribution in [2.45, 2.75) is 61.7 Å². The predicted molar refractivity (Wildman–Crippen MR) is 123 cm³/mol. The Balaban J connectivity index is 1.84. The topological polar surface area (TPSA) is 92.5 Å². The second-order valence-corrected chi connectivity index (χ2v) is 11.2. The fraction of sp³-hybridized carbons (Fsp3) is 0.538. The number of halogens is 10. The Labute approximate surface area is 221 Å². The maximum atomic E-state index is 14.6. The summed E-state index contributed by atoms with van der Waals surface area (Å²) in [5, 5.41) is 20.3. The Morgan fingerprint density at radius 3 is 1.20 bits per heavy atom. The van der Waals surface area contributed by atoms with Crippen molar-refractivity contribution in [2.75, 3.05) is 11.5 Å². The van der Waals surface area contributed by atoms with E-state index < -0.39 is 75.4 Å². The molecule has 2 aromatic carbocycles. The molecule has 4 fully saturated rings. The van der Waals surface area contributed by atoms with Crippen LogP contribution < -0.4 is 11.5 Å². The van der Waals surface area contributed by atoms with E-state index in [1.165, 1.54) is 0 Å². The summed E-state index contributed by atoms with van der Waals surface area (Å²) in [5.41, 5.74) is 3.76. The van der Waals surface area contributed by atoms with Crippen LogP contribution in [-0.4, -0.2) is 22.6 Å². The molecule has 0 heterocycles. The third-order valence-corrected chi connectivity index (χ3v) is 9.05. The second kappa shape index (κ2) is 8.48. The molecule has 4 aliphatic carbocycles. The van der Waals surface area contributed by atoms with Crippen LogP contribution in [0.3, 0.4) is 0 Å². The first-order valence-corrected chi connectivity index (χ1v) is 12.4. The van der Waals surface area contributed by atoms with E-state index in [1.54, 1.807) is 0 Å². The van der Waals surface area contributed by atoms with Crippen LogP contribution in [0.4, 0.5) is 55.3 Å². The van der Waals surface area contributed by atoms with Gasteiger partial charge in [-0.3, -0.25) is 0 Å². The standard InChI is InChI=1S/C26H24F10N2O2/c27-23(28,25(31,32)33)16-6-14(8-18(37)20(16)39)22(12-2-10-1-11(4-12)5-13(22)3-10)15-7-17(21(40)19(38)9-15)24(29,30)26(34,35)36/h6-13,39-40H,1-5,37-38H2. The number of nitrogens with two attached hydrogens (primary N) is 2. The van der Waals surface area contributed by atoms with Crippen molar-refractivity contribution >= 4 is 11.4 Å². The van der Waals surface area contributed by atoms with E-state index in [2.05, 4.69) is 0 Å². The molecule has 0 saturated heterocycles. The van der Waals surface area contributed by atoms with Gasteiger partial charge >= 0.3 is 24.2 Å². The van der Waals surface area contributed by atoms with Crippen LogP contribution in [0.5, 0.6) is 11.5 Å². The molecule has 6 rings (SSSR count). The highest BCUT2D eigenvalue weighted by molar-refractivity contribution is 5.66. The number of hydrogen-bond acceptors (Lipinski definition) is 4. The molecular weight excluding hydrogens is 562 g/mol. The molecule has 220 valence electrons. The lowest BCUT2D eigenvalue weighted by Crippen LogP contribution is -2.56. The molecule has 4 saturated carbocycles. The minimum atomic E-state index is -6.14. The van der Waals surface area contributed by atoms with Gasteiger partial charge in [-0.05, 0) is 91.2 Å². The van der Waals surface area contributed by atoms with Crippen molar-refractivity contribution in [3.05, 3.63) is 46.5 Å². The average molecular weight is 586 g/mol. The molecule has 2 aromatic rings. The molecule has 4 nitrogen and oxygen atoms in total. The zero-order valence-corrected chi connectivity index (χ0v) is 20.5. The van der Waals surface area contributed by atoms with Gasteiger partial charge in [0.05, 0.1) is 22.5 Å². The van der Waals surface area contributed by atoms with Crippen molar-refractivity contribution in [3.8, 4) is 11.5 Å². The highest BCUT2D eigenvalue weighted by Gasteiger charge is 2.64. The number of rotatable bonds is 4. The van der Waals surface area contributed by atoms with Gasteiger partial charge in [0.1, 0.15) is 11.5 Å². The summed E-state index contributed by atoms with van der Waals surface area (Å²) in [6.45, 7) is 0. The van der Waals surface area contributed by atoms with Gasteiger partial charge in [-0.15, -0.1) is 0 Å². The molecule has 0 amide bonds. The van der Waals surface area contributed by atoms with Crippen LogP contribution in [0.2, 0.25) is 0 Å². The van der Waals surface area contributed by atoms with Gasteiger partial charge < -0.3 is 21.7 Å². The fourth-order valence-electron chi connectivity index (χ4n) is 7.61. The van der Waals surface area contributed by atoms with E-state index in [4.69, 9.17) is 11.5 Å². The van der Waals surface area contributed by atoms with Gasteiger partial charge in [-0.1, -0.05) is 0 Å². The summed E-state index contributed by atoms with van der Waals surface area (Å²) in [6, 6.07) is 2.73. The molecule has 40 heavy (non-hydrogen) atoms. The number of nitrogen functional groups attached to an aromatic ring is 2. The first-order chi connectivity index (χ1) is 18.2. The van der Waals surface area contributed by atoms with Crippen LogP contribution in [0.25, 0.3) is 0 Å². The summed E-state index contributed by atoms with van der Waals surface area (Å²) in [6.07, 6.45) is -9.88.